The van der Waals surface area contributed by atoms with Crippen molar-refractivity contribution in [2.45, 2.75) is 37.8 Å². The van der Waals surface area contributed by atoms with E-state index in [-0.39, 0.29) is 4.90 Å². The molecule has 2 rings (SSSR count). The number of nitrogens with two attached hydrogens (primary N) is 1. The number of sulfonamides is 1. The van der Waals surface area contributed by atoms with E-state index in [0.29, 0.717) is 25.0 Å². The number of primary sulfonamides is 1. The van der Waals surface area contributed by atoms with Crippen molar-refractivity contribution in [2.75, 3.05) is 7.05 Å². The standard InChI is InChI=1S/C16H23N5O2S2/c1-11(2)14-10-24-15(21-14)9-20-16(18-3)19-8-12-5-4-6-13(7-12)25(17,22)23/h4-7,10-11H,8-9H2,1-3H3,(H2,17,22,23)(H2,18,19,20). The number of aromatic nitrogens is 1. The molecule has 136 valence electrons. The van der Waals surface area contributed by atoms with Crippen molar-refractivity contribution in [3.63, 3.8) is 0 Å². The minimum atomic E-state index is -3.70. The largest absolute Gasteiger partial charge is 0.352 e. The molecule has 0 bridgehead atoms. The van der Waals surface area contributed by atoms with E-state index in [4.69, 9.17) is 5.14 Å². The predicted molar refractivity (Wildman–Crippen MR) is 101 cm³/mol. The number of aliphatic imine (C=N–C) groups is 1. The number of nitrogens with one attached hydrogen (secondary N) is 2. The second kappa shape index (κ2) is 8.41. The van der Waals surface area contributed by atoms with Crippen molar-refractivity contribution in [3.05, 3.63) is 45.9 Å². The van der Waals surface area contributed by atoms with Crippen LogP contribution in [-0.4, -0.2) is 26.4 Å². The van der Waals surface area contributed by atoms with E-state index < -0.39 is 10.0 Å². The van der Waals surface area contributed by atoms with Gasteiger partial charge in [-0.1, -0.05) is 26.0 Å². The highest BCUT2D eigenvalue weighted by Crippen LogP contribution is 2.17. The average molecular weight is 382 g/mol. The fourth-order valence-electron chi connectivity index (χ4n) is 2.07. The quantitative estimate of drug-likeness (QED) is 0.522. The van der Waals surface area contributed by atoms with Gasteiger partial charge < -0.3 is 10.6 Å². The molecule has 0 saturated carbocycles. The van der Waals surface area contributed by atoms with Gasteiger partial charge in [-0.2, -0.15) is 0 Å². The summed E-state index contributed by atoms with van der Waals surface area (Å²) in [6, 6.07) is 6.51. The van der Waals surface area contributed by atoms with E-state index in [1.165, 1.54) is 6.07 Å². The Labute approximate surface area is 152 Å². The van der Waals surface area contributed by atoms with Crippen molar-refractivity contribution in [1.29, 1.82) is 0 Å². The normalized spacial score (nSPS) is 12.4. The second-order valence-electron chi connectivity index (χ2n) is 5.79. The van der Waals surface area contributed by atoms with Crippen LogP contribution >= 0.6 is 11.3 Å². The Bertz CT molecular complexity index is 844. The zero-order valence-corrected chi connectivity index (χ0v) is 16.1. The lowest BCUT2D eigenvalue weighted by Gasteiger charge is -2.11. The van der Waals surface area contributed by atoms with E-state index in [0.717, 1.165) is 16.3 Å². The first kappa shape index (κ1) is 19.4. The number of thiazole rings is 1. The Morgan fingerprint density at radius 1 is 1.32 bits per heavy atom. The molecule has 0 fully saturated rings. The SMILES string of the molecule is CN=C(NCc1cccc(S(N)(=O)=O)c1)NCc1nc(C(C)C)cs1. The molecule has 2 aromatic rings. The fraction of sp³-hybridized carbons (Fsp3) is 0.375. The van der Waals surface area contributed by atoms with Gasteiger partial charge >= 0.3 is 0 Å². The maximum Gasteiger partial charge on any atom is 0.238 e. The molecule has 0 spiro atoms. The molecule has 0 radical (unpaired) electrons. The van der Waals surface area contributed by atoms with Gasteiger partial charge in [0.2, 0.25) is 10.0 Å². The zero-order valence-electron chi connectivity index (χ0n) is 14.5. The monoisotopic (exact) mass is 381 g/mol. The fourth-order valence-corrected chi connectivity index (χ4v) is 3.55. The molecule has 4 N–H and O–H groups in total. The van der Waals surface area contributed by atoms with E-state index in [1.54, 1.807) is 30.5 Å². The molecule has 0 amide bonds. The van der Waals surface area contributed by atoms with Crippen LogP contribution in [0, 0.1) is 0 Å². The van der Waals surface area contributed by atoms with Gasteiger partial charge in [-0.05, 0) is 23.6 Å². The predicted octanol–water partition coefficient (Wildman–Crippen LogP) is 1.78. The Hall–Kier alpha value is -1.97. The molecular formula is C16H23N5O2S2. The van der Waals surface area contributed by atoms with Crippen LogP contribution in [0.25, 0.3) is 0 Å². The smallest absolute Gasteiger partial charge is 0.238 e. The summed E-state index contributed by atoms with van der Waals surface area (Å²) in [6.07, 6.45) is 0. The minimum absolute atomic E-state index is 0.0961. The third-order valence-electron chi connectivity index (χ3n) is 3.48. The summed E-state index contributed by atoms with van der Waals surface area (Å²) < 4.78 is 22.8. The van der Waals surface area contributed by atoms with Gasteiger partial charge in [0, 0.05) is 19.0 Å². The molecule has 25 heavy (non-hydrogen) atoms. The van der Waals surface area contributed by atoms with Gasteiger partial charge in [-0.25, -0.2) is 18.5 Å². The number of guanidine groups is 1. The molecule has 1 aromatic carbocycles. The molecule has 0 atom stereocenters. The van der Waals surface area contributed by atoms with E-state index in [2.05, 4.69) is 39.8 Å². The van der Waals surface area contributed by atoms with Gasteiger partial charge in [-0.3, -0.25) is 4.99 Å². The molecular weight excluding hydrogens is 358 g/mol. The summed E-state index contributed by atoms with van der Waals surface area (Å²) >= 11 is 1.61. The second-order valence-corrected chi connectivity index (χ2v) is 8.30. The molecule has 0 aliphatic heterocycles. The summed E-state index contributed by atoms with van der Waals surface area (Å²) in [7, 11) is -2.02. The van der Waals surface area contributed by atoms with Gasteiger partial charge in [0.15, 0.2) is 5.96 Å². The first-order chi connectivity index (χ1) is 11.8. The number of benzene rings is 1. The summed E-state index contributed by atoms with van der Waals surface area (Å²) in [6.45, 7) is 5.23. The highest BCUT2D eigenvalue weighted by atomic mass is 32.2. The molecule has 7 nitrogen and oxygen atoms in total. The van der Waals surface area contributed by atoms with E-state index in [1.807, 2.05) is 6.07 Å². The Balaban J connectivity index is 1.92. The third-order valence-corrected chi connectivity index (χ3v) is 5.26. The maximum atomic E-state index is 11.4. The number of rotatable bonds is 6. The van der Waals surface area contributed by atoms with Crippen LogP contribution in [0.5, 0.6) is 0 Å². The summed E-state index contributed by atoms with van der Waals surface area (Å²) in [5.41, 5.74) is 1.88. The first-order valence-electron chi connectivity index (χ1n) is 7.80. The molecule has 0 aliphatic rings. The van der Waals surface area contributed by atoms with Crippen LogP contribution in [0.15, 0.2) is 39.5 Å². The first-order valence-corrected chi connectivity index (χ1v) is 10.2. The number of hydrogen-bond donors (Lipinski definition) is 3. The number of hydrogen-bond acceptors (Lipinski definition) is 5. The zero-order chi connectivity index (χ0) is 18.4. The van der Waals surface area contributed by atoms with Gasteiger partial charge in [0.25, 0.3) is 0 Å². The van der Waals surface area contributed by atoms with Crippen LogP contribution < -0.4 is 15.8 Å². The van der Waals surface area contributed by atoms with Crippen LogP contribution in [0.1, 0.15) is 36.0 Å². The minimum Gasteiger partial charge on any atom is -0.352 e. The topological polar surface area (TPSA) is 109 Å². The van der Waals surface area contributed by atoms with Crippen LogP contribution in [-0.2, 0) is 23.1 Å². The van der Waals surface area contributed by atoms with Gasteiger partial charge in [-0.15, -0.1) is 11.3 Å². The molecule has 0 unspecified atom stereocenters. The van der Waals surface area contributed by atoms with Gasteiger partial charge in [0.1, 0.15) is 5.01 Å². The lowest BCUT2D eigenvalue weighted by Crippen LogP contribution is -2.36. The summed E-state index contributed by atoms with van der Waals surface area (Å²) in [4.78, 5) is 8.82. The Morgan fingerprint density at radius 2 is 2.04 bits per heavy atom. The van der Waals surface area contributed by atoms with Crippen LogP contribution in [0.2, 0.25) is 0 Å². The molecule has 1 aromatic heterocycles. The average Bonchev–Trinajstić information content (AvgIpc) is 3.04. The maximum absolute atomic E-state index is 11.4. The molecule has 9 heteroatoms. The highest BCUT2D eigenvalue weighted by Gasteiger charge is 2.09. The van der Waals surface area contributed by atoms with Crippen molar-refractivity contribution >= 4 is 27.3 Å². The number of nitrogens with zero attached hydrogens (tertiary/aromatic N) is 2. The molecule has 1 heterocycles. The lowest BCUT2D eigenvalue weighted by molar-refractivity contribution is 0.597. The molecule has 0 saturated heterocycles. The van der Waals surface area contributed by atoms with Crippen molar-refractivity contribution < 1.29 is 8.42 Å². The van der Waals surface area contributed by atoms with Crippen molar-refractivity contribution in [1.82, 2.24) is 15.6 Å². The third kappa shape index (κ3) is 5.80. The lowest BCUT2D eigenvalue weighted by atomic mass is 10.2. The van der Waals surface area contributed by atoms with E-state index >= 15 is 0 Å². The molecule has 0 aliphatic carbocycles. The summed E-state index contributed by atoms with van der Waals surface area (Å²) in [5.74, 6) is 1.02. The van der Waals surface area contributed by atoms with Gasteiger partial charge in [0.05, 0.1) is 17.1 Å². The van der Waals surface area contributed by atoms with Crippen molar-refractivity contribution in [3.8, 4) is 0 Å². The van der Waals surface area contributed by atoms with Crippen LogP contribution in [0.4, 0.5) is 0 Å². The summed E-state index contributed by atoms with van der Waals surface area (Å²) in [5, 5.41) is 14.5. The van der Waals surface area contributed by atoms with E-state index in [9.17, 15) is 8.42 Å². The van der Waals surface area contributed by atoms with Crippen LogP contribution in [0.3, 0.4) is 0 Å². The highest BCUT2D eigenvalue weighted by molar-refractivity contribution is 7.89. The van der Waals surface area contributed by atoms with Crippen molar-refractivity contribution in [2.24, 2.45) is 10.1 Å². The Kier molecular flexibility index (Phi) is 6.51. The Morgan fingerprint density at radius 3 is 2.64 bits per heavy atom.